The van der Waals surface area contributed by atoms with Crippen LogP contribution in [0, 0.1) is 0 Å². The molecule has 1 atom stereocenters. The number of aryl methyl sites for hydroxylation is 1. The van der Waals surface area contributed by atoms with Crippen molar-refractivity contribution in [2.45, 2.75) is 32.1 Å². The average Bonchev–Trinajstić information content (AvgIpc) is 2.82. The van der Waals surface area contributed by atoms with Crippen LogP contribution < -0.4 is 5.32 Å². The van der Waals surface area contributed by atoms with Crippen molar-refractivity contribution in [1.82, 2.24) is 19.7 Å². The molecule has 1 aliphatic heterocycles. The smallest absolute Gasteiger partial charge is 0.233 e. The van der Waals surface area contributed by atoms with Gasteiger partial charge in [-0.15, -0.1) is 0 Å². The topological polar surface area (TPSA) is 42.2 Å². The van der Waals surface area contributed by atoms with Gasteiger partial charge in [-0.05, 0) is 31.4 Å². The molecule has 1 N–H and O–H groups in total. The summed E-state index contributed by atoms with van der Waals surface area (Å²) < 4.78 is 2.06. The molecule has 1 fully saturated rings. The molecular formula is C13H18N4. The predicted octanol–water partition coefficient (Wildman–Crippen LogP) is 1.76. The summed E-state index contributed by atoms with van der Waals surface area (Å²) in [5.41, 5.74) is 2.43. The zero-order valence-electron chi connectivity index (χ0n) is 10.2. The van der Waals surface area contributed by atoms with Crippen LogP contribution in [0.4, 0.5) is 0 Å². The predicted molar refractivity (Wildman–Crippen MR) is 67.2 cm³/mol. The first-order valence-electron chi connectivity index (χ1n) is 6.41. The normalized spacial score (nSPS) is 20.9. The van der Waals surface area contributed by atoms with Crippen LogP contribution in [0.2, 0.25) is 0 Å². The molecular weight excluding hydrogens is 212 g/mol. The molecule has 0 aromatic carbocycles. The number of hydrogen-bond acceptors (Lipinski definition) is 3. The highest BCUT2D eigenvalue weighted by Crippen LogP contribution is 2.22. The number of nitrogens with zero attached hydrogens (tertiary/aromatic N) is 3. The van der Waals surface area contributed by atoms with Crippen LogP contribution in [-0.2, 0) is 6.42 Å². The number of rotatable bonds is 2. The quantitative estimate of drug-likeness (QED) is 0.854. The van der Waals surface area contributed by atoms with E-state index >= 15 is 0 Å². The Balaban J connectivity index is 1.95. The monoisotopic (exact) mass is 230 g/mol. The van der Waals surface area contributed by atoms with E-state index in [0.29, 0.717) is 5.92 Å². The van der Waals surface area contributed by atoms with Crippen LogP contribution >= 0.6 is 0 Å². The molecule has 90 valence electrons. The molecule has 4 nitrogen and oxygen atoms in total. The lowest BCUT2D eigenvalue weighted by Gasteiger charge is -2.20. The summed E-state index contributed by atoms with van der Waals surface area (Å²) in [6.45, 7) is 4.33. The van der Waals surface area contributed by atoms with E-state index in [1.54, 1.807) is 0 Å². The van der Waals surface area contributed by atoms with Gasteiger partial charge >= 0.3 is 0 Å². The van der Waals surface area contributed by atoms with E-state index in [4.69, 9.17) is 0 Å². The highest BCUT2D eigenvalue weighted by molar-refractivity contribution is 5.33. The van der Waals surface area contributed by atoms with E-state index in [1.165, 1.54) is 24.1 Å². The van der Waals surface area contributed by atoms with Gasteiger partial charge in [0.25, 0.3) is 0 Å². The van der Waals surface area contributed by atoms with Gasteiger partial charge in [0.05, 0.1) is 5.69 Å². The number of nitrogens with one attached hydrogen (secondary N) is 1. The molecule has 0 saturated carbocycles. The van der Waals surface area contributed by atoms with Gasteiger partial charge in [-0.2, -0.15) is 0 Å². The molecule has 0 bridgehead atoms. The van der Waals surface area contributed by atoms with E-state index in [9.17, 15) is 0 Å². The minimum Gasteiger partial charge on any atom is -0.316 e. The Morgan fingerprint density at radius 1 is 1.47 bits per heavy atom. The van der Waals surface area contributed by atoms with Gasteiger partial charge in [0.1, 0.15) is 0 Å². The van der Waals surface area contributed by atoms with E-state index in [2.05, 4.69) is 39.0 Å². The third-order valence-electron chi connectivity index (χ3n) is 3.51. The lowest BCUT2D eigenvalue weighted by Crippen LogP contribution is -2.28. The Bertz CT molecular complexity index is 511. The number of imidazole rings is 1. The van der Waals surface area contributed by atoms with Gasteiger partial charge in [0.2, 0.25) is 5.78 Å². The summed E-state index contributed by atoms with van der Waals surface area (Å²) in [6, 6.07) is 0. The summed E-state index contributed by atoms with van der Waals surface area (Å²) in [5, 5.41) is 3.43. The molecule has 2 aromatic rings. The molecule has 1 unspecified atom stereocenters. The van der Waals surface area contributed by atoms with Crippen molar-refractivity contribution >= 4 is 5.78 Å². The number of piperidine rings is 1. The van der Waals surface area contributed by atoms with Gasteiger partial charge < -0.3 is 5.32 Å². The Morgan fingerprint density at radius 3 is 3.18 bits per heavy atom. The molecule has 17 heavy (non-hydrogen) atoms. The summed E-state index contributed by atoms with van der Waals surface area (Å²) in [7, 11) is 0. The number of fused-ring (bicyclic) bond motifs is 1. The van der Waals surface area contributed by atoms with Crippen molar-refractivity contribution in [3.8, 4) is 0 Å². The molecule has 1 aliphatic rings. The van der Waals surface area contributed by atoms with Gasteiger partial charge in [0.15, 0.2) is 0 Å². The summed E-state index contributed by atoms with van der Waals surface area (Å²) >= 11 is 0. The Hall–Kier alpha value is -1.42. The second-order valence-electron chi connectivity index (χ2n) is 4.73. The Morgan fingerprint density at radius 2 is 2.41 bits per heavy atom. The maximum absolute atomic E-state index is 4.62. The first-order chi connectivity index (χ1) is 8.36. The van der Waals surface area contributed by atoms with Crippen LogP contribution in [0.15, 0.2) is 18.6 Å². The molecule has 3 rings (SSSR count). The Kier molecular flexibility index (Phi) is 2.81. The first kappa shape index (κ1) is 10.7. The Labute approximate surface area is 101 Å². The van der Waals surface area contributed by atoms with Crippen LogP contribution in [0.3, 0.4) is 0 Å². The second-order valence-corrected chi connectivity index (χ2v) is 4.73. The van der Waals surface area contributed by atoms with Gasteiger partial charge in [-0.3, -0.25) is 4.40 Å². The number of aromatic nitrogens is 3. The minimum atomic E-state index is 0.551. The van der Waals surface area contributed by atoms with Crippen molar-refractivity contribution < 1.29 is 0 Å². The molecule has 2 aromatic heterocycles. The van der Waals surface area contributed by atoms with E-state index in [0.717, 1.165) is 25.3 Å². The summed E-state index contributed by atoms with van der Waals surface area (Å²) in [6.07, 6.45) is 9.69. The second kappa shape index (κ2) is 4.45. The highest BCUT2D eigenvalue weighted by Gasteiger charge is 2.18. The van der Waals surface area contributed by atoms with Crippen molar-refractivity contribution in [2.75, 3.05) is 13.1 Å². The molecule has 0 amide bonds. The fraction of sp³-hybridized carbons (Fsp3) is 0.538. The molecule has 0 aliphatic carbocycles. The maximum atomic E-state index is 4.62. The third-order valence-corrected chi connectivity index (χ3v) is 3.51. The fourth-order valence-electron chi connectivity index (χ4n) is 2.43. The van der Waals surface area contributed by atoms with E-state index < -0.39 is 0 Å². The van der Waals surface area contributed by atoms with Crippen molar-refractivity contribution in [3.63, 3.8) is 0 Å². The van der Waals surface area contributed by atoms with E-state index in [1.807, 2.05) is 6.20 Å². The van der Waals surface area contributed by atoms with Crippen molar-refractivity contribution in [3.05, 3.63) is 29.8 Å². The highest BCUT2D eigenvalue weighted by atomic mass is 15.1. The lowest BCUT2D eigenvalue weighted by molar-refractivity contribution is 0.456. The van der Waals surface area contributed by atoms with Crippen LogP contribution in [0.25, 0.3) is 5.78 Å². The van der Waals surface area contributed by atoms with Crippen LogP contribution in [0.5, 0.6) is 0 Å². The number of hydrogen-bond donors (Lipinski definition) is 1. The van der Waals surface area contributed by atoms with Gasteiger partial charge in [-0.25, -0.2) is 9.97 Å². The van der Waals surface area contributed by atoms with Crippen LogP contribution in [-0.4, -0.2) is 27.5 Å². The molecule has 0 radical (unpaired) electrons. The molecule has 3 heterocycles. The molecule has 1 saturated heterocycles. The maximum Gasteiger partial charge on any atom is 0.233 e. The zero-order chi connectivity index (χ0) is 11.7. The van der Waals surface area contributed by atoms with Gasteiger partial charge in [-0.1, -0.05) is 6.92 Å². The van der Waals surface area contributed by atoms with Crippen molar-refractivity contribution in [1.29, 1.82) is 0 Å². The molecule has 0 spiro atoms. The SMILES string of the molecule is CCc1cnc2nc(C3CCCNC3)cn2c1. The fourth-order valence-corrected chi connectivity index (χ4v) is 2.43. The first-order valence-corrected chi connectivity index (χ1v) is 6.41. The minimum absolute atomic E-state index is 0.551. The summed E-state index contributed by atoms with van der Waals surface area (Å²) in [4.78, 5) is 9.02. The molecule has 4 heteroatoms. The summed E-state index contributed by atoms with van der Waals surface area (Å²) in [5.74, 6) is 1.37. The van der Waals surface area contributed by atoms with E-state index in [-0.39, 0.29) is 0 Å². The zero-order valence-corrected chi connectivity index (χ0v) is 10.2. The van der Waals surface area contributed by atoms with Gasteiger partial charge in [0, 0.05) is 31.1 Å². The van der Waals surface area contributed by atoms with Crippen molar-refractivity contribution in [2.24, 2.45) is 0 Å². The third kappa shape index (κ3) is 2.05. The standard InChI is InChI=1S/C13H18N4/c1-2-10-6-15-13-16-12(9-17(13)8-10)11-4-3-5-14-7-11/h6,8-9,11,14H,2-5,7H2,1H3. The lowest BCUT2D eigenvalue weighted by atomic mass is 9.97. The average molecular weight is 230 g/mol. The van der Waals surface area contributed by atoms with Crippen LogP contribution in [0.1, 0.15) is 36.9 Å². The largest absolute Gasteiger partial charge is 0.316 e.